The molecule has 0 aliphatic carbocycles. The number of carbonyl (C=O) groups is 1. The monoisotopic (exact) mass is 368 g/mol. The summed E-state index contributed by atoms with van der Waals surface area (Å²) in [5.74, 6) is 0.418. The third kappa shape index (κ3) is 3.69. The van der Waals surface area contributed by atoms with Gasteiger partial charge in [0.1, 0.15) is 5.82 Å². The van der Waals surface area contributed by atoms with Crippen molar-refractivity contribution in [2.24, 2.45) is 0 Å². The highest BCUT2D eigenvalue weighted by Gasteiger charge is 2.11. The molecule has 5 heteroatoms. The van der Waals surface area contributed by atoms with E-state index in [-0.39, 0.29) is 5.91 Å². The van der Waals surface area contributed by atoms with E-state index in [9.17, 15) is 4.79 Å². The molecule has 0 bridgehead atoms. The predicted octanol–water partition coefficient (Wildman–Crippen LogP) is 5.24. The maximum atomic E-state index is 12.8. The number of fused-ring (bicyclic) bond motifs is 1. The molecule has 0 aliphatic heterocycles. The van der Waals surface area contributed by atoms with E-state index in [1.54, 1.807) is 24.5 Å². The molecule has 0 fully saturated rings. The summed E-state index contributed by atoms with van der Waals surface area (Å²) >= 11 is 0. The Morgan fingerprint density at radius 1 is 0.857 bits per heavy atom. The first kappa shape index (κ1) is 17.7. The highest BCUT2D eigenvalue weighted by Crippen LogP contribution is 2.23. The number of pyridine rings is 2. The van der Waals surface area contributed by atoms with Crippen LogP contribution in [0, 0.1) is 13.8 Å². The first-order valence-electron chi connectivity index (χ1n) is 9.05. The molecule has 0 saturated heterocycles. The summed E-state index contributed by atoms with van der Waals surface area (Å²) in [4.78, 5) is 21.5. The Morgan fingerprint density at radius 2 is 1.71 bits per heavy atom. The normalized spacial score (nSPS) is 10.6. The van der Waals surface area contributed by atoms with Crippen molar-refractivity contribution in [2.75, 3.05) is 10.6 Å². The number of hydrogen-bond donors (Lipinski definition) is 2. The van der Waals surface area contributed by atoms with Gasteiger partial charge in [-0.1, -0.05) is 30.3 Å². The second-order valence-electron chi connectivity index (χ2n) is 6.71. The van der Waals surface area contributed by atoms with Gasteiger partial charge in [0, 0.05) is 29.0 Å². The number of aromatic nitrogens is 2. The van der Waals surface area contributed by atoms with E-state index in [4.69, 9.17) is 0 Å². The number of anilines is 3. The zero-order chi connectivity index (χ0) is 19.5. The molecule has 2 heterocycles. The molecule has 0 atom stereocenters. The van der Waals surface area contributed by atoms with Crippen LogP contribution < -0.4 is 10.6 Å². The lowest BCUT2D eigenvalue weighted by molar-refractivity contribution is 0.102. The standard InChI is InChI=1S/C23H20N4O/c1-15-8-9-16(2)20(13-15)26-21-14-18(10-12-24-21)23(28)27-19-7-3-5-17-6-4-11-25-22(17)19/h3-14H,1-2H3,(H,24,26)(H,27,28). The van der Waals surface area contributed by atoms with Gasteiger partial charge >= 0.3 is 0 Å². The molecular weight excluding hydrogens is 348 g/mol. The lowest BCUT2D eigenvalue weighted by atomic mass is 10.1. The van der Waals surface area contributed by atoms with Gasteiger partial charge in [-0.3, -0.25) is 9.78 Å². The zero-order valence-electron chi connectivity index (χ0n) is 15.7. The van der Waals surface area contributed by atoms with Gasteiger partial charge in [-0.15, -0.1) is 0 Å². The van der Waals surface area contributed by atoms with Crippen LogP contribution >= 0.6 is 0 Å². The Morgan fingerprint density at radius 3 is 2.61 bits per heavy atom. The van der Waals surface area contributed by atoms with Crippen molar-refractivity contribution in [2.45, 2.75) is 13.8 Å². The Hall–Kier alpha value is -3.73. The number of hydrogen-bond acceptors (Lipinski definition) is 4. The minimum atomic E-state index is -0.204. The van der Waals surface area contributed by atoms with Crippen LogP contribution in [0.1, 0.15) is 21.5 Å². The average Bonchev–Trinajstić information content (AvgIpc) is 2.71. The number of nitrogens with one attached hydrogen (secondary N) is 2. The topological polar surface area (TPSA) is 66.9 Å². The van der Waals surface area contributed by atoms with Gasteiger partial charge in [0.15, 0.2) is 0 Å². The average molecular weight is 368 g/mol. The Bertz CT molecular complexity index is 1160. The van der Waals surface area contributed by atoms with Gasteiger partial charge in [-0.05, 0) is 55.3 Å². The molecule has 28 heavy (non-hydrogen) atoms. The van der Waals surface area contributed by atoms with Crippen LogP contribution in [0.3, 0.4) is 0 Å². The number of aryl methyl sites for hydroxylation is 2. The molecule has 4 aromatic rings. The van der Waals surface area contributed by atoms with Crippen molar-refractivity contribution < 1.29 is 4.79 Å². The SMILES string of the molecule is Cc1ccc(C)c(Nc2cc(C(=O)Nc3cccc4cccnc34)ccn2)c1. The van der Waals surface area contributed by atoms with Gasteiger partial charge in [-0.2, -0.15) is 0 Å². The van der Waals surface area contributed by atoms with Crippen LogP contribution in [0.25, 0.3) is 10.9 Å². The van der Waals surface area contributed by atoms with E-state index in [2.05, 4.69) is 38.8 Å². The molecule has 0 unspecified atom stereocenters. The van der Waals surface area contributed by atoms with Crippen molar-refractivity contribution in [3.63, 3.8) is 0 Å². The molecule has 0 aliphatic rings. The Balaban J connectivity index is 1.58. The summed E-state index contributed by atoms with van der Waals surface area (Å²) in [7, 11) is 0. The van der Waals surface area contributed by atoms with E-state index in [1.165, 1.54) is 0 Å². The molecule has 0 spiro atoms. The quantitative estimate of drug-likeness (QED) is 0.517. The van der Waals surface area contributed by atoms with Crippen molar-refractivity contribution in [3.05, 3.63) is 89.7 Å². The number of para-hydroxylation sites is 1. The van der Waals surface area contributed by atoms with Crippen molar-refractivity contribution in [1.29, 1.82) is 0 Å². The first-order valence-corrected chi connectivity index (χ1v) is 9.05. The summed E-state index contributed by atoms with van der Waals surface area (Å²) in [6, 6.07) is 19.2. The summed E-state index contributed by atoms with van der Waals surface area (Å²) in [5, 5.41) is 7.23. The predicted molar refractivity (Wildman–Crippen MR) is 113 cm³/mol. The molecule has 0 radical (unpaired) electrons. The summed E-state index contributed by atoms with van der Waals surface area (Å²) in [6.07, 6.45) is 3.35. The van der Waals surface area contributed by atoms with Crippen LogP contribution in [0.5, 0.6) is 0 Å². The van der Waals surface area contributed by atoms with Gasteiger partial charge in [0.2, 0.25) is 0 Å². The number of benzene rings is 2. The Kier molecular flexibility index (Phi) is 4.72. The minimum absolute atomic E-state index is 0.204. The van der Waals surface area contributed by atoms with Crippen molar-refractivity contribution in [3.8, 4) is 0 Å². The van der Waals surface area contributed by atoms with Crippen LogP contribution in [0.2, 0.25) is 0 Å². The van der Waals surface area contributed by atoms with Crippen LogP contribution in [0.4, 0.5) is 17.2 Å². The fraction of sp³-hybridized carbons (Fsp3) is 0.0870. The van der Waals surface area contributed by atoms with Crippen molar-refractivity contribution >= 4 is 34.0 Å². The summed E-state index contributed by atoms with van der Waals surface area (Å²) in [5.41, 5.74) is 5.22. The first-order chi connectivity index (χ1) is 13.6. The number of amides is 1. The van der Waals surface area contributed by atoms with E-state index in [0.717, 1.165) is 27.7 Å². The third-order valence-electron chi connectivity index (χ3n) is 4.56. The lowest BCUT2D eigenvalue weighted by Gasteiger charge is -2.11. The number of nitrogens with zero attached hydrogens (tertiary/aromatic N) is 2. The van der Waals surface area contributed by atoms with Gasteiger partial charge in [0.25, 0.3) is 5.91 Å². The molecule has 2 aromatic carbocycles. The van der Waals surface area contributed by atoms with Gasteiger partial charge < -0.3 is 10.6 Å². The van der Waals surface area contributed by atoms with Crippen molar-refractivity contribution in [1.82, 2.24) is 9.97 Å². The van der Waals surface area contributed by atoms with E-state index >= 15 is 0 Å². The molecule has 2 aromatic heterocycles. The minimum Gasteiger partial charge on any atom is -0.340 e. The maximum absolute atomic E-state index is 12.8. The molecule has 2 N–H and O–H groups in total. The van der Waals surface area contributed by atoms with Gasteiger partial charge in [0.05, 0.1) is 11.2 Å². The Labute approximate surface area is 163 Å². The third-order valence-corrected chi connectivity index (χ3v) is 4.56. The summed E-state index contributed by atoms with van der Waals surface area (Å²) < 4.78 is 0. The fourth-order valence-electron chi connectivity index (χ4n) is 3.05. The second kappa shape index (κ2) is 7.48. The molecule has 5 nitrogen and oxygen atoms in total. The number of carbonyl (C=O) groups excluding carboxylic acids is 1. The molecule has 0 saturated carbocycles. The fourth-order valence-corrected chi connectivity index (χ4v) is 3.05. The zero-order valence-corrected chi connectivity index (χ0v) is 15.7. The van der Waals surface area contributed by atoms with Crippen LogP contribution in [-0.4, -0.2) is 15.9 Å². The maximum Gasteiger partial charge on any atom is 0.255 e. The van der Waals surface area contributed by atoms with Crippen LogP contribution in [-0.2, 0) is 0 Å². The smallest absolute Gasteiger partial charge is 0.255 e. The lowest BCUT2D eigenvalue weighted by Crippen LogP contribution is -2.13. The molecule has 138 valence electrons. The van der Waals surface area contributed by atoms with E-state index in [0.29, 0.717) is 17.1 Å². The molecule has 4 rings (SSSR count). The second-order valence-corrected chi connectivity index (χ2v) is 6.71. The molecule has 1 amide bonds. The highest BCUT2D eigenvalue weighted by atomic mass is 16.1. The van der Waals surface area contributed by atoms with E-state index < -0.39 is 0 Å². The molecular formula is C23H20N4O. The highest BCUT2D eigenvalue weighted by molar-refractivity contribution is 6.08. The van der Waals surface area contributed by atoms with Crippen LogP contribution in [0.15, 0.2) is 73.1 Å². The van der Waals surface area contributed by atoms with E-state index in [1.807, 2.05) is 44.2 Å². The largest absolute Gasteiger partial charge is 0.340 e. The summed E-state index contributed by atoms with van der Waals surface area (Å²) in [6.45, 7) is 4.08. The van der Waals surface area contributed by atoms with Gasteiger partial charge in [-0.25, -0.2) is 4.98 Å². The number of rotatable bonds is 4.